The van der Waals surface area contributed by atoms with Gasteiger partial charge in [0, 0.05) is 52.1 Å². The van der Waals surface area contributed by atoms with Gasteiger partial charge >= 0.3 is 6.18 Å². The number of rotatable bonds is 9. The zero-order valence-corrected chi connectivity index (χ0v) is 17.1. The molecule has 0 bridgehead atoms. The average molecular weight is 416 g/mol. The fraction of sp³-hybridized carbons (Fsp3) is 0.650. The fourth-order valence-corrected chi connectivity index (χ4v) is 3.08. The first-order chi connectivity index (χ1) is 14.0. The Morgan fingerprint density at radius 1 is 1.21 bits per heavy atom. The summed E-state index contributed by atoms with van der Waals surface area (Å²) < 4.78 is 51.4. The number of alkyl halides is 3. The molecule has 0 amide bonds. The summed E-state index contributed by atoms with van der Waals surface area (Å²) in [5.74, 6) is 0.479. The maximum atomic E-state index is 13.6. The lowest BCUT2D eigenvalue weighted by Crippen LogP contribution is -2.38. The number of guanidine groups is 1. The van der Waals surface area contributed by atoms with Gasteiger partial charge in [-0.2, -0.15) is 13.2 Å². The van der Waals surface area contributed by atoms with E-state index in [1.165, 1.54) is 12.1 Å². The normalized spacial score (nSPS) is 15.5. The van der Waals surface area contributed by atoms with E-state index in [4.69, 9.17) is 9.47 Å². The Labute approximate surface area is 170 Å². The maximum absolute atomic E-state index is 13.6. The second-order valence-electron chi connectivity index (χ2n) is 6.70. The Kier molecular flexibility index (Phi) is 9.53. The molecular weight excluding hydrogens is 385 g/mol. The van der Waals surface area contributed by atoms with Crippen molar-refractivity contribution in [2.75, 3.05) is 58.0 Å². The van der Waals surface area contributed by atoms with Crippen molar-refractivity contribution >= 4 is 11.6 Å². The van der Waals surface area contributed by atoms with Crippen molar-refractivity contribution in [1.82, 2.24) is 10.6 Å². The van der Waals surface area contributed by atoms with Crippen LogP contribution in [-0.2, 0) is 22.2 Å². The Morgan fingerprint density at radius 3 is 2.62 bits per heavy atom. The molecule has 6 nitrogen and oxygen atoms in total. The van der Waals surface area contributed by atoms with E-state index >= 15 is 0 Å². The molecule has 2 rings (SSSR count). The van der Waals surface area contributed by atoms with Crippen molar-refractivity contribution in [2.24, 2.45) is 4.99 Å². The quantitative estimate of drug-likeness (QED) is 0.368. The van der Waals surface area contributed by atoms with Crippen molar-refractivity contribution in [1.29, 1.82) is 0 Å². The highest BCUT2D eigenvalue weighted by molar-refractivity contribution is 5.79. The van der Waals surface area contributed by atoms with E-state index in [1.807, 2.05) is 11.8 Å². The van der Waals surface area contributed by atoms with Gasteiger partial charge in [-0.1, -0.05) is 6.07 Å². The molecule has 1 aromatic carbocycles. The van der Waals surface area contributed by atoms with Crippen LogP contribution in [0.5, 0.6) is 0 Å². The summed E-state index contributed by atoms with van der Waals surface area (Å²) in [6.45, 7) is 6.30. The molecule has 0 aromatic heterocycles. The number of morpholine rings is 1. The molecular formula is C20H31F3N4O2. The number of aliphatic imine (C=N–C) groups is 1. The van der Waals surface area contributed by atoms with Crippen LogP contribution in [0.15, 0.2) is 23.2 Å². The van der Waals surface area contributed by atoms with E-state index in [9.17, 15) is 13.2 Å². The van der Waals surface area contributed by atoms with Crippen LogP contribution in [0.25, 0.3) is 0 Å². The van der Waals surface area contributed by atoms with Crippen molar-refractivity contribution in [3.63, 3.8) is 0 Å². The van der Waals surface area contributed by atoms with Gasteiger partial charge in [0.15, 0.2) is 5.96 Å². The van der Waals surface area contributed by atoms with Crippen molar-refractivity contribution in [2.45, 2.75) is 32.5 Å². The SMILES string of the molecule is CCOCCCCNC(=NC)NCc1ccc(N2CCOCC2)cc1C(F)(F)F. The van der Waals surface area contributed by atoms with Gasteiger partial charge in [0.25, 0.3) is 0 Å². The highest BCUT2D eigenvalue weighted by Gasteiger charge is 2.34. The molecule has 0 radical (unpaired) electrons. The largest absolute Gasteiger partial charge is 0.416 e. The second kappa shape index (κ2) is 11.9. The molecule has 1 aliphatic heterocycles. The molecule has 29 heavy (non-hydrogen) atoms. The summed E-state index contributed by atoms with van der Waals surface area (Å²) in [5.41, 5.74) is 0.135. The smallest absolute Gasteiger partial charge is 0.382 e. The van der Waals surface area contributed by atoms with E-state index in [1.54, 1.807) is 13.1 Å². The zero-order valence-electron chi connectivity index (χ0n) is 17.1. The Balaban J connectivity index is 1.96. The molecule has 164 valence electrons. The Bertz CT molecular complexity index is 647. The first kappa shape index (κ1) is 23.3. The fourth-order valence-electron chi connectivity index (χ4n) is 3.08. The summed E-state index contributed by atoms with van der Waals surface area (Å²) in [6, 6.07) is 4.50. The number of unbranched alkanes of at least 4 members (excludes halogenated alkanes) is 1. The predicted octanol–water partition coefficient (Wildman–Crippen LogP) is 3.02. The first-order valence-corrected chi connectivity index (χ1v) is 10.0. The third kappa shape index (κ3) is 7.74. The van der Waals surface area contributed by atoms with Crippen LogP contribution < -0.4 is 15.5 Å². The van der Waals surface area contributed by atoms with Crippen LogP contribution in [0.3, 0.4) is 0 Å². The number of anilines is 1. The lowest BCUT2D eigenvalue weighted by atomic mass is 10.0. The molecule has 1 fully saturated rings. The molecule has 0 spiro atoms. The number of hydrogen-bond acceptors (Lipinski definition) is 4. The second-order valence-corrected chi connectivity index (χ2v) is 6.70. The summed E-state index contributed by atoms with van der Waals surface area (Å²) in [7, 11) is 1.60. The zero-order chi connectivity index (χ0) is 21.1. The number of benzene rings is 1. The number of ether oxygens (including phenoxy) is 2. The minimum absolute atomic E-state index is 0.0385. The lowest BCUT2D eigenvalue weighted by Gasteiger charge is -2.29. The number of hydrogen-bond donors (Lipinski definition) is 2. The molecule has 0 atom stereocenters. The van der Waals surface area contributed by atoms with E-state index in [0.29, 0.717) is 57.7 Å². The summed E-state index contributed by atoms with van der Waals surface area (Å²) in [6.07, 6.45) is -2.61. The molecule has 9 heteroatoms. The third-order valence-corrected chi connectivity index (χ3v) is 4.66. The maximum Gasteiger partial charge on any atom is 0.416 e. The van der Waals surface area contributed by atoms with E-state index in [2.05, 4.69) is 15.6 Å². The van der Waals surface area contributed by atoms with Crippen LogP contribution >= 0.6 is 0 Å². The Hall–Kier alpha value is -2.00. The predicted molar refractivity (Wildman–Crippen MR) is 108 cm³/mol. The number of nitrogens with one attached hydrogen (secondary N) is 2. The number of halogens is 3. The third-order valence-electron chi connectivity index (χ3n) is 4.66. The minimum Gasteiger partial charge on any atom is -0.382 e. The first-order valence-electron chi connectivity index (χ1n) is 10.0. The lowest BCUT2D eigenvalue weighted by molar-refractivity contribution is -0.138. The van der Waals surface area contributed by atoms with E-state index < -0.39 is 11.7 Å². The molecule has 1 aliphatic rings. The summed E-state index contributed by atoms with van der Waals surface area (Å²) >= 11 is 0. The topological polar surface area (TPSA) is 58.1 Å². The van der Waals surface area contributed by atoms with Crippen LogP contribution in [-0.4, -0.2) is 59.1 Å². The molecule has 0 saturated carbocycles. The van der Waals surface area contributed by atoms with Crippen molar-refractivity contribution in [3.05, 3.63) is 29.3 Å². The van der Waals surface area contributed by atoms with Gasteiger partial charge in [0.2, 0.25) is 0 Å². The van der Waals surface area contributed by atoms with Gasteiger partial charge in [0.05, 0.1) is 18.8 Å². The van der Waals surface area contributed by atoms with E-state index in [-0.39, 0.29) is 12.1 Å². The van der Waals surface area contributed by atoms with Crippen LogP contribution in [0.2, 0.25) is 0 Å². The molecule has 0 unspecified atom stereocenters. The molecule has 2 N–H and O–H groups in total. The molecule has 1 aromatic rings. The van der Waals surface area contributed by atoms with Gasteiger partial charge in [0.1, 0.15) is 0 Å². The van der Waals surface area contributed by atoms with Crippen molar-refractivity contribution < 1.29 is 22.6 Å². The minimum atomic E-state index is -4.42. The van der Waals surface area contributed by atoms with E-state index in [0.717, 1.165) is 12.8 Å². The van der Waals surface area contributed by atoms with Gasteiger partial charge in [-0.05, 0) is 37.5 Å². The van der Waals surface area contributed by atoms with Gasteiger partial charge in [-0.25, -0.2) is 0 Å². The molecule has 0 aliphatic carbocycles. The summed E-state index contributed by atoms with van der Waals surface area (Å²) in [4.78, 5) is 6.00. The average Bonchev–Trinajstić information content (AvgIpc) is 2.72. The van der Waals surface area contributed by atoms with Gasteiger partial charge in [-0.15, -0.1) is 0 Å². The molecule has 1 heterocycles. The monoisotopic (exact) mass is 416 g/mol. The summed E-state index contributed by atoms with van der Waals surface area (Å²) in [5, 5.41) is 6.09. The Morgan fingerprint density at radius 2 is 1.97 bits per heavy atom. The highest BCUT2D eigenvalue weighted by atomic mass is 19.4. The molecule has 1 saturated heterocycles. The van der Waals surface area contributed by atoms with Crippen LogP contribution in [0.4, 0.5) is 18.9 Å². The number of nitrogens with zero attached hydrogens (tertiary/aromatic N) is 2. The van der Waals surface area contributed by atoms with Gasteiger partial charge < -0.3 is 25.0 Å². The highest BCUT2D eigenvalue weighted by Crippen LogP contribution is 2.35. The van der Waals surface area contributed by atoms with Gasteiger partial charge in [-0.3, -0.25) is 4.99 Å². The van der Waals surface area contributed by atoms with Crippen LogP contribution in [0, 0.1) is 0 Å². The van der Waals surface area contributed by atoms with Crippen molar-refractivity contribution in [3.8, 4) is 0 Å². The van der Waals surface area contributed by atoms with Crippen LogP contribution in [0.1, 0.15) is 30.9 Å². The standard InChI is InChI=1S/C20H31F3N4O2/c1-3-28-11-5-4-8-25-19(24-2)26-15-16-6-7-17(14-18(16)20(21,22)23)27-9-12-29-13-10-27/h6-7,14H,3-5,8-13,15H2,1-2H3,(H2,24,25,26).